The number of hydrogen-bond acceptors (Lipinski definition) is 2. The van der Waals surface area contributed by atoms with Gasteiger partial charge < -0.3 is 0 Å². The van der Waals surface area contributed by atoms with Crippen LogP contribution in [0.15, 0.2) is 60.3 Å². The van der Waals surface area contributed by atoms with Crippen molar-refractivity contribution in [2.24, 2.45) is 0 Å². The number of rotatable bonds is 4. The Morgan fingerprint density at radius 3 is 2.52 bits per heavy atom. The van der Waals surface area contributed by atoms with E-state index in [1.807, 2.05) is 42.2 Å². The summed E-state index contributed by atoms with van der Waals surface area (Å²) in [5, 5.41) is 4.35. The van der Waals surface area contributed by atoms with Crippen molar-refractivity contribution in [1.82, 2.24) is 15.1 Å². The van der Waals surface area contributed by atoms with Crippen molar-refractivity contribution in [3.8, 4) is 0 Å². The van der Waals surface area contributed by atoms with E-state index < -0.39 is 0 Å². The van der Waals surface area contributed by atoms with Gasteiger partial charge in [0, 0.05) is 40.5 Å². The summed E-state index contributed by atoms with van der Waals surface area (Å²) < 4.78 is 1.28. The Balaban J connectivity index is 1.42. The molecule has 0 N–H and O–H groups in total. The first-order valence-corrected chi connectivity index (χ1v) is 10.5. The SMILES string of the molecule is CC1=C(c2ccccc2)[N]C(=O)N1C1CCN(Cc2cccc(I)c2)CC1. The molecule has 1 fully saturated rings. The number of piperidine rings is 1. The number of urea groups is 1. The van der Waals surface area contributed by atoms with Gasteiger partial charge in [-0.2, -0.15) is 5.32 Å². The number of halogens is 1. The normalized spacial score (nSPS) is 18.9. The highest BCUT2D eigenvalue weighted by Gasteiger charge is 2.36. The summed E-state index contributed by atoms with van der Waals surface area (Å²) in [6.45, 7) is 5.02. The van der Waals surface area contributed by atoms with Gasteiger partial charge >= 0.3 is 6.03 Å². The molecule has 4 rings (SSSR count). The van der Waals surface area contributed by atoms with Gasteiger partial charge in [0.05, 0.1) is 5.70 Å². The van der Waals surface area contributed by atoms with Crippen LogP contribution in [0.2, 0.25) is 0 Å². The quantitative estimate of drug-likeness (QED) is 0.606. The van der Waals surface area contributed by atoms with Crippen molar-refractivity contribution in [3.63, 3.8) is 0 Å². The molecular weight excluding hydrogens is 449 g/mol. The van der Waals surface area contributed by atoms with E-state index in [0.717, 1.165) is 49.4 Å². The number of amides is 2. The summed E-state index contributed by atoms with van der Waals surface area (Å²) in [6.07, 6.45) is 1.98. The molecule has 2 aliphatic rings. The second-order valence-electron chi connectivity index (χ2n) is 7.20. The van der Waals surface area contributed by atoms with Gasteiger partial charge in [0.15, 0.2) is 0 Å². The number of carbonyl (C=O) groups is 1. The van der Waals surface area contributed by atoms with Crippen LogP contribution in [0.4, 0.5) is 4.79 Å². The van der Waals surface area contributed by atoms with Crippen molar-refractivity contribution < 1.29 is 4.79 Å². The number of benzene rings is 2. The lowest BCUT2D eigenvalue weighted by Crippen LogP contribution is -2.45. The maximum Gasteiger partial charge on any atom is 0.348 e. The van der Waals surface area contributed by atoms with Gasteiger partial charge in [-0.15, -0.1) is 0 Å². The van der Waals surface area contributed by atoms with E-state index in [2.05, 4.69) is 57.1 Å². The van der Waals surface area contributed by atoms with E-state index >= 15 is 0 Å². The van der Waals surface area contributed by atoms with E-state index in [4.69, 9.17) is 0 Å². The van der Waals surface area contributed by atoms with Gasteiger partial charge in [-0.1, -0.05) is 42.5 Å². The highest BCUT2D eigenvalue weighted by Crippen LogP contribution is 2.31. The van der Waals surface area contributed by atoms with Crippen LogP contribution in [0.1, 0.15) is 30.9 Å². The van der Waals surface area contributed by atoms with Crippen molar-refractivity contribution in [1.29, 1.82) is 0 Å². The third kappa shape index (κ3) is 4.04. The Hall–Kier alpha value is -1.86. The summed E-state index contributed by atoms with van der Waals surface area (Å²) in [6, 6.07) is 18.8. The lowest BCUT2D eigenvalue weighted by atomic mass is 10.0. The Labute approximate surface area is 174 Å². The van der Waals surface area contributed by atoms with Gasteiger partial charge in [0.2, 0.25) is 0 Å². The first kappa shape index (κ1) is 18.5. The maximum absolute atomic E-state index is 12.6. The molecular formula is C22H23IN3O. The van der Waals surface area contributed by atoms with Gasteiger partial charge in [0.25, 0.3) is 0 Å². The molecule has 2 aromatic carbocycles. The van der Waals surface area contributed by atoms with Crippen molar-refractivity contribution in [2.75, 3.05) is 13.1 Å². The topological polar surface area (TPSA) is 37.7 Å². The zero-order valence-corrected chi connectivity index (χ0v) is 17.6. The molecule has 139 valence electrons. The highest BCUT2D eigenvalue weighted by molar-refractivity contribution is 14.1. The molecule has 0 atom stereocenters. The lowest BCUT2D eigenvalue weighted by Gasteiger charge is -2.36. The average Bonchev–Trinajstić information content (AvgIpc) is 2.98. The van der Waals surface area contributed by atoms with Crippen LogP contribution in [0.25, 0.3) is 5.70 Å². The minimum Gasteiger partial charge on any atom is -0.299 e. The molecule has 0 bridgehead atoms. The fourth-order valence-corrected chi connectivity index (χ4v) is 4.62. The van der Waals surface area contributed by atoms with Crippen LogP contribution in [0.5, 0.6) is 0 Å². The number of nitrogens with zero attached hydrogens (tertiary/aromatic N) is 3. The number of hydrogen-bond donors (Lipinski definition) is 0. The van der Waals surface area contributed by atoms with E-state index in [-0.39, 0.29) is 12.1 Å². The Bertz CT molecular complexity index is 857. The third-order valence-electron chi connectivity index (χ3n) is 5.38. The fourth-order valence-electron chi connectivity index (χ4n) is 4.02. The molecule has 4 nitrogen and oxygen atoms in total. The first-order valence-electron chi connectivity index (χ1n) is 9.40. The van der Waals surface area contributed by atoms with Crippen molar-refractivity contribution in [2.45, 2.75) is 32.4 Å². The molecule has 0 spiro atoms. The fraction of sp³-hybridized carbons (Fsp3) is 0.318. The molecule has 27 heavy (non-hydrogen) atoms. The maximum atomic E-state index is 12.6. The average molecular weight is 472 g/mol. The smallest absolute Gasteiger partial charge is 0.299 e. The predicted molar refractivity (Wildman–Crippen MR) is 116 cm³/mol. The second-order valence-corrected chi connectivity index (χ2v) is 8.45. The van der Waals surface area contributed by atoms with Crippen LogP contribution >= 0.6 is 22.6 Å². The molecule has 2 aromatic rings. The van der Waals surface area contributed by atoms with Crippen LogP contribution in [0.3, 0.4) is 0 Å². The van der Waals surface area contributed by atoms with Gasteiger partial charge in [-0.25, -0.2) is 4.79 Å². The molecule has 2 heterocycles. The van der Waals surface area contributed by atoms with Gasteiger partial charge in [-0.05, 0) is 60.1 Å². The predicted octanol–water partition coefficient (Wildman–Crippen LogP) is 4.68. The molecule has 0 aliphatic carbocycles. The molecule has 5 heteroatoms. The van der Waals surface area contributed by atoms with Crippen LogP contribution in [-0.4, -0.2) is 35.0 Å². The molecule has 1 radical (unpaired) electrons. The van der Waals surface area contributed by atoms with Gasteiger partial charge in [0.1, 0.15) is 0 Å². The lowest BCUT2D eigenvalue weighted by molar-refractivity contribution is 0.140. The van der Waals surface area contributed by atoms with Crippen LogP contribution in [-0.2, 0) is 6.54 Å². The largest absolute Gasteiger partial charge is 0.348 e. The van der Waals surface area contributed by atoms with Crippen molar-refractivity contribution in [3.05, 3.63) is 75.0 Å². The molecule has 1 saturated heterocycles. The zero-order chi connectivity index (χ0) is 18.8. The van der Waals surface area contributed by atoms with Crippen LogP contribution in [0, 0.1) is 3.57 Å². The summed E-state index contributed by atoms with van der Waals surface area (Å²) >= 11 is 2.36. The van der Waals surface area contributed by atoms with E-state index in [0.29, 0.717) is 0 Å². The third-order valence-corrected chi connectivity index (χ3v) is 6.05. The zero-order valence-electron chi connectivity index (χ0n) is 15.4. The molecule has 2 amide bonds. The van der Waals surface area contributed by atoms with E-state index in [1.165, 1.54) is 9.13 Å². The standard InChI is InChI=1S/C22H23IN3O/c1-16-21(18-7-3-2-4-8-18)24-22(27)26(16)20-10-12-25(13-11-20)15-17-6-5-9-19(23)14-17/h2-9,14,20H,10-13,15H2,1H3. The summed E-state index contributed by atoms with van der Waals surface area (Å²) in [5.74, 6) is 0. The number of allylic oxidation sites excluding steroid dienone is 1. The monoisotopic (exact) mass is 472 g/mol. The Kier molecular flexibility index (Phi) is 5.50. The molecule has 0 saturated carbocycles. The van der Waals surface area contributed by atoms with E-state index in [9.17, 15) is 4.79 Å². The van der Waals surface area contributed by atoms with Crippen molar-refractivity contribution >= 4 is 34.3 Å². The van der Waals surface area contributed by atoms with Crippen LogP contribution < -0.4 is 5.32 Å². The first-order chi connectivity index (χ1) is 13.1. The van der Waals surface area contributed by atoms with Gasteiger partial charge in [-0.3, -0.25) is 9.80 Å². The number of carbonyl (C=O) groups excluding carboxylic acids is 1. The summed E-state index contributed by atoms with van der Waals surface area (Å²) in [5.41, 5.74) is 4.18. The minimum atomic E-state index is -0.109. The Morgan fingerprint density at radius 1 is 1.07 bits per heavy atom. The second kappa shape index (κ2) is 8.02. The highest BCUT2D eigenvalue weighted by atomic mass is 127. The minimum absolute atomic E-state index is 0.109. The Morgan fingerprint density at radius 2 is 1.81 bits per heavy atom. The number of likely N-dealkylation sites (tertiary alicyclic amines) is 1. The molecule has 2 aliphatic heterocycles. The van der Waals surface area contributed by atoms with E-state index in [1.54, 1.807) is 0 Å². The summed E-state index contributed by atoms with van der Waals surface area (Å²) in [4.78, 5) is 17.0. The molecule has 0 unspecified atom stereocenters. The summed E-state index contributed by atoms with van der Waals surface area (Å²) in [7, 11) is 0. The molecule has 0 aromatic heterocycles.